The minimum atomic E-state index is -0.512. The topological polar surface area (TPSA) is 35.5 Å². The lowest BCUT2D eigenvalue weighted by atomic mass is 10.1. The second-order valence-corrected chi connectivity index (χ2v) is 3.14. The summed E-state index contributed by atoms with van der Waals surface area (Å²) in [6.07, 6.45) is 3.82. The van der Waals surface area contributed by atoms with Crippen LogP contribution in [0.5, 0.6) is 0 Å². The molecule has 11 heavy (non-hydrogen) atoms. The lowest BCUT2D eigenvalue weighted by molar-refractivity contribution is -0.179. The Labute approximate surface area is 65.7 Å². The zero-order chi connectivity index (χ0) is 7.73. The number of aldehydes is 1. The van der Waals surface area contributed by atoms with Gasteiger partial charge in [0, 0.05) is 6.42 Å². The number of hydrogen-bond acceptors (Lipinski definition) is 3. The fourth-order valence-corrected chi connectivity index (χ4v) is 1.97. The van der Waals surface area contributed by atoms with Crippen LogP contribution in [0, 0.1) is 5.92 Å². The van der Waals surface area contributed by atoms with Crippen LogP contribution in [0.4, 0.5) is 0 Å². The van der Waals surface area contributed by atoms with Gasteiger partial charge in [0.25, 0.3) is 0 Å². The summed E-state index contributed by atoms with van der Waals surface area (Å²) >= 11 is 0. The molecule has 0 N–H and O–H groups in total. The molecule has 0 aromatic heterocycles. The van der Waals surface area contributed by atoms with E-state index >= 15 is 0 Å². The molecule has 1 saturated heterocycles. The Morgan fingerprint density at radius 1 is 1.36 bits per heavy atom. The molecule has 2 aliphatic rings. The van der Waals surface area contributed by atoms with Crippen molar-refractivity contribution in [2.75, 3.05) is 13.2 Å². The minimum absolute atomic E-state index is 0.0231. The number of carbonyl (C=O) groups is 1. The molecule has 1 saturated carbocycles. The highest BCUT2D eigenvalue weighted by Crippen LogP contribution is 2.40. The van der Waals surface area contributed by atoms with Gasteiger partial charge in [0.05, 0.1) is 19.1 Å². The lowest BCUT2D eigenvalue weighted by Gasteiger charge is -2.25. The van der Waals surface area contributed by atoms with Gasteiger partial charge in [0.2, 0.25) is 0 Å². The molecular formula is C8H12O3. The summed E-state index contributed by atoms with van der Waals surface area (Å²) < 4.78 is 10.9. The third kappa shape index (κ3) is 0.993. The van der Waals surface area contributed by atoms with Crippen LogP contribution in [0.25, 0.3) is 0 Å². The monoisotopic (exact) mass is 156 g/mol. The van der Waals surface area contributed by atoms with Gasteiger partial charge in [-0.3, -0.25) is 0 Å². The zero-order valence-corrected chi connectivity index (χ0v) is 6.41. The average molecular weight is 156 g/mol. The summed E-state index contributed by atoms with van der Waals surface area (Å²) in [5.41, 5.74) is 0. The smallest absolute Gasteiger partial charge is 0.177 e. The molecule has 0 aromatic carbocycles. The highest BCUT2D eigenvalue weighted by Gasteiger charge is 2.47. The quantitative estimate of drug-likeness (QED) is 0.525. The van der Waals surface area contributed by atoms with Crippen molar-refractivity contribution in [3.8, 4) is 0 Å². The maximum Gasteiger partial charge on any atom is 0.177 e. The predicted octanol–water partition coefficient (Wildman–Crippen LogP) is 0.728. The van der Waals surface area contributed by atoms with E-state index in [2.05, 4.69) is 0 Å². The molecule has 1 aliphatic heterocycles. The largest absolute Gasteiger partial charge is 0.347 e. The Hall–Kier alpha value is -0.410. The summed E-state index contributed by atoms with van der Waals surface area (Å²) in [6, 6.07) is 0. The van der Waals surface area contributed by atoms with Gasteiger partial charge in [-0.15, -0.1) is 0 Å². The van der Waals surface area contributed by atoms with Gasteiger partial charge in [-0.25, -0.2) is 0 Å². The molecule has 0 amide bonds. The molecule has 1 spiro atoms. The standard InChI is InChI=1S/C8H12O3/c9-6-7-2-1-3-8(7)10-4-5-11-8/h6-7H,1-5H2. The third-order valence-electron chi connectivity index (χ3n) is 2.55. The van der Waals surface area contributed by atoms with E-state index in [0.29, 0.717) is 13.2 Å². The van der Waals surface area contributed by atoms with Crippen LogP contribution in [0.3, 0.4) is 0 Å². The number of ether oxygens (including phenoxy) is 2. The summed E-state index contributed by atoms with van der Waals surface area (Å²) in [5, 5.41) is 0. The molecule has 1 aliphatic carbocycles. The van der Waals surface area contributed by atoms with Gasteiger partial charge in [0.1, 0.15) is 6.29 Å². The molecule has 3 nitrogen and oxygen atoms in total. The molecule has 62 valence electrons. The molecular weight excluding hydrogens is 144 g/mol. The van der Waals surface area contributed by atoms with Crippen LogP contribution in [0.2, 0.25) is 0 Å². The van der Waals surface area contributed by atoms with Crippen LogP contribution in [-0.2, 0) is 14.3 Å². The van der Waals surface area contributed by atoms with Crippen molar-refractivity contribution in [1.29, 1.82) is 0 Å². The van der Waals surface area contributed by atoms with Crippen LogP contribution in [-0.4, -0.2) is 25.3 Å². The van der Waals surface area contributed by atoms with Crippen molar-refractivity contribution in [2.45, 2.75) is 25.0 Å². The van der Waals surface area contributed by atoms with E-state index in [1.165, 1.54) is 0 Å². The molecule has 0 aromatic rings. The fourth-order valence-electron chi connectivity index (χ4n) is 1.97. The molecule has 1 atom stereocenters. The van der Waals surface area contributed by atoms with E-state index in [4.69, 9.17) is 9.47 Å². The van der Waals surface area contributed by atoms with Gasteiger partial charge >= 0.3 is 0 Å². The average Bonchev–Trinajstić information content (AvgIpc) is 2.62. The van der Waals surface area contributed by atoms with Crippen molar-refractivity contribution >= 4 is 6.29 Å². The van der Waals surface area contributed by atoms with Gasteiger partial charge in [0.15, 0.2) is 5.79 Å². The van der Waals surface area contributed by atoms with Gasteiger partial charge in [-0.2, -0.15) is 0 Å². The maximum atomic E-state index is 10.6. The Kier molecular flexibility index (Phi) is 1.69. The molecule has 1 heterocycles. The third-order valence-corrected chi connectivity index (χ3v) is 2.55. The second kappa shape index (κ2) is 2.57. The van der Waals surface area contributed by atoms with Crippen molar-refractivity contribution in [1.82, 2.24) is 0 Å². The van der Waals surface area contributed by atoms with Crippen molar-refractivity contribution in [2.24, 2.45) is 5.92 Å². The van der Waals surface area contributed by atoms with Crippen LogP contribution in [0.15, 0.2) is 0 Å². The zero-order valence-electron chi connectivity index (χ0n) is 6.41. The first-order valence-electron chi connectivity index (χ1n) is 4.11. The number of hydrogen-bond donors (Lipinski definition) is 0. The molecule has 2 rings (SSSR count). The normalized spacial score (nSPS) is 34.7. The van der Waals surface area contributed by atoms with E-state index in [9.17, 15) is 4.79 Å². The van der Waals surface area contributed by atoms with Crippen molar-refractivity contribution in [3.63, 3.8) is 0 Å². The van der Waals surface area contributed by atoms with Crippen LogP contribution >= 0.6 is 0 Å². The number of carbonyl (C=O) groups excluding carboxylic acids is 1. The van der Waals surface area contributed by atoms with E-state index < -0.39 is 5.79 Å². The highest BCUT2D eigenvalue weighted by molar-refractivity contribution is 5.56. The maximum absolute atomic E-state index is 10.6. The second-order valence-electron chi connectivity index (χ2n) is 3.14. The van der Waals surface area contributed by atoms with Gasteiger partial charge in [-0.1, -0.05) is 0 Å². The molecule has 0 bridgehead atoms. The van der Waals surface area contributed by atoms with Gasteiger partial charge in [-0.05, 0) is 12.8 Å². The van der Waals surface area contributed by atoms with Crippen molar-refractivity contribution in [3.05, 3.63) is 0 Å². The molecule has 3 heteroatoms. The summed E-state index contributed by atoms with van der Waals surface area (Å²) in [5.74, 6) is -0.535. The SMILES string of the molecule is O=CC1CCCC12OCCO2. The number of rotatable bonds is 1. The Morgan fingerprint density at radius 3 is 2.73 bits per heavy atom. The van der Waals surface area contributed by atoms with E-state index in [1.54, 1.807) is 0 Å². The van der Waals surface area contributed by atoms with Gasteiger partial charge < -0.3 is 14.3 Å². The minimum Gasteiger partial charge on any atom is -0.347 e. The van der Waals surface area contributed by atoms with Crippen LogP contribution < -0.4 is 0 Å². The molecule has 0 radical (unpaired) electrons. The first kappa shape index (κ1) is 7.25. The van der Waals surface area contributed by atoms with Crippen LogP contribution in [0.1, 0.15) is 19.3 Å². The fraction of sp³-hybridized carbons (Fsp3) is 0.875. The van der Waals surface area contributed by atoms with E-state index in [1.807, 2.05) is 0 Å². The first-order chi connectivity index (χ1) is 5.37. The Balaban J connectivity index is 2.15. The highest BCUT2D eigenvalue weighted by atomic mass is 16.7. The first-order valence-corrected chi connectivity index (χ1v) is 4.11. The van der Waals surface area contributed by atoms with Crippen molar-refractivity contribution < 1.29 is 14.3 Å². The predicted molar refractivity (Wildman–Crippen MR) is 38.0 cm³/mol. The summed E-state index contributed by atoms with van der Waals surface area (Å²) in [6.45, 7) is 1.29. The Morgan fingerprint density at radius 2 is 2.09 bits per heavy atom. The Bertz CT molecular complexity index is 155. The van der Waals surface area contributed by atoms with E-state index in [0.717, 1.165) is 25.5 Å². The summed E-state index contributed by atoms with van der Waals surface area (Å²) in [4.78, 5) is 10.6. The van der Waals surface area contributed by atoms with E-state index in [-0.39, 0.29) is 5.92 Å². The molecule has 2 fully saturated rings. The lowest BCUT2D eigenvalue weighted by Crippen LogP contribution is -2.35. The summed E-state index contributed by atoms with van der Waals surface area (Å²) in [7, 11) is 0. The molecule has 1 unspecified atom stereocenters.